The minimum absolute atomic E-state index is 0.122. The number of hydrogen-bond donors (Lipinski definition) is 1. The first-order chi connectivity index (χ1) is 9.20. The van der Waals surface area contributed by atoms with Crippen LogP contribution in [-0.2, 0) is 11.3 Å². The highest BCUT2D eigenvalue weighted by Gasteiger charge is 2.24. The maximum absolute atomic E-state index is 13.4. The number of hydrogen-bond acceptors (Lipinski definition) is 2. The number of benzene rings is 1. The molecular weight excluding hydrogens is 248 g/mol. The smallest absolute Gasteiger partial charge is 0.128 e. The molecule has 2 rings (SSSR count). The zero-order valence-corrected chi connectivity index (χ0v) is 11.1. The lowest BCUT2D eigenvalue weighted by Crippen LogP contribution is -2.29. The highest BCUT2D eigenvalue weighted by atomic mass is 19.1. The molecule has 4 heteroatoms. The molecule has 2 nitrogen and oxygen atoms in total. The van der Waals surface area contributed by atoms with Crippen LogP contribution in [0.2, 0.25) is 0 Å². The van der Waals surface area contributed by atoms with E-state index in [0.29, 0.717) is 25.0 Å². The van der Waals surface area contributed by atoms with Gasteiger partial charge in [0, 0.05) is 5.56 Å². The van der Waals surface area contributed by atoms with E-state index in [1.165, 1.54) is 18.9 Å². The van der Waals surface area contributed by atoms with E-state index in [4.69, 9.17) is 10.5 Å². The summed E-state index contributed by atoms with van der Waals surface area (Å²) in [6.45, 7) is 1.39. The first-order valence-corrected chi connectivity index (χ1v) is 6.92. The van der Waals surface area contributed by atoms with Crippen molar-refractivity contribution >= 4 is 0 Å². The zero-order valence-electron chi connectivity index (χ0n) is 11.1. The summed E-state index contributed by atoms with van der Waals surface area (Å²) in [6, 6.07) is 3.44. The Bertz CT molecular complexity index is 411. The van der Waals surface area contributed by atoms with Crippen molar-refractivity contribution < 1.29 is 13.5 Å². The third-order valence-corrected chi connectivity index (χ3v) is 3.97. The van der Waals surface area contributed by atoms with Crippen LogP contribution in [0.4, 0.5) is 8.78 Å². The molecule has 1 aromatic rings. The predicted molar refractivity (Wildman–Crippen MR) is 70.5 cm³/mol. The fourth-order valence-electron chi connectivity index (χ4n) is 2.79. The van der Waals surface area contributed by atoms with E-state index >= 15 is 0 Å². The summed E-state index contributed by atoms with van der Waals surface area (Å²) in [7, 11) is 0. The second kappa shape index (κ2) is 6.96. The fourth-order valence-corrected chi connectivity index (χ4v) is 2.79. The van der Waals surface area contributed by atoms with Crippen LogP contribution < -0.4 is 5.73 Å². The average molecular weight is 269 g/mol. The lowest BCUT2D eigenvalue weighted by molar-refractivity contribution is 0.0498. The van der Waals surface area contributed by atoms with Crippen LogP contribution in [0.15, 0.2) is 18.2 Å². The largest absolute Gasteiger partial charge is 0.376 e. The highest BCUT2D eigenvalue weighted by Crippen LogP contribution is 2.29. The normalized spacial score (nSPS) is 23.5. The Morgan fingerprint density at radius 1 is 1.16 bits per heavy atom. The molecule has 1 aliphatic carbocycles. The van der Waals surface area contributed by atoms with Gasteiger partial charge in [-0.3, -0.25) is 0 Å². The number of halogens is 2. The zero-order chi connectivity index (χ0) is 13.7. The molecule has 2 atom stereocenters. The summed E-state index contributed by atoms with van der Waals surface area (Å²) < 4.78 is 32.0. The molecule has 19 heavy (non-hydrogen) atoms. The Morgan fingerprint density at radius 2 is 1.89 bits per heavy atom. The van der Waals surface area contributed by atoms with Crippen molar-refractivity contribution in [3.63, 3.8) is 0 Å². The Hall–Kier alpha value is -1.00. The van der Waals surface area contributed by atoms with Crippen molar-refractivity contribution in [2.45, 2.75) is 32.3 Å². The van der Waals surface area contributed by atoms with E-state index in [9.17, 15) is 8.78 Å². The molecular formula is C15H21F2NO. The maximum Gasteiger partial charge on any atom is 0.128 e. The fraction of sp³-hybridized carbons (Fsp3) is 0.600. The first kappa shape index (κ1) is 14.4. The van der Waals surface area contributed by atoms with Crippen molar-refractivity contribution in [2.24, 2.45) is 17.6 Å². The predicted octanol–water partition coefficient (Wildman–Crippen LogP) is 3.25. The second-order valence-electron chi connectivity index (χ2n) is 5.29. The molecule has 1 aromatic carbocycles. The van der Waals surface area contributed by atoms with E-state index in [1.54, 1.807) is 0 Å². The van der Waals surface area contributed by atoms with Gasteiger partial charge < -0.3 is 10.5 Å². The van der Waals surface area contributed by atoms with Gasteiger partial charge in [-0.25, -0.2) is 8.78 Å². The Labute approximate surface area is 112 Å². The Morgan fingerprint density at radius 3 is 2.63 bits per heavy atom. The van der Waals surface area contributed by atoms with Crippen molar-refractivity contribution in [2.75, 3.05) is 13.2 Å². The summed E-state index contributed by atoms with van der Waals surface area (Å²) in [4.78, 5) is 0. The molecule has 2 unspecified atom stereocenters. The average Bonchev–Trinajstić information content (AvgIpc) is 2.43. The van der Waals surface area contributed by atoms with Gasteiger partial charge in [-0.05, 0) is 49.4 Å². The van der Waals surface area contributed by atoms with Gasteiger partial charge in [-0.2, -0.15) is 0 Å². The van der Waals surface area contributed by atoms with Crippen molar-refractivity contribution in [1.29, 1.82) is 0 Å². The van der Waals surface area contributed by atoms with Crippen molar-refractivity contribution in [3.05, 3.63) is 35.4 Å². The van der Waals surface area contributed by atoms with Crippen LogP contribution in [-0.4, -0.2) is 13.2 Å². The van der Waals surface area contributed by atoms with Gasteiger partial charge >= 0.3 is 0 Å². The van der Waals surface area contributed by atoms with Gasteiger partial charge in [0.1, 0.15) is 11.6 Å². The van der Waals surface area contributed by atoms with E-state index in [-0.39, 0.29) is 12.2 Å². The maximum atomic E-state index is 13.4. The lowest BCUT2D eigenvalue weighted by atomic mass is 9.80. The van der Waals surface area contributed by atoms with Gasteiger partial charge in [0.25, 0.3) is 0 Å². The van der Waals surface area contributed by atoms with Crippen LogP contribution in [0.25, 0.3) is 0 Å². The topological polar surface area (TPSA) is 35.2 Å². The van der Waals surface area contributed by atoms with Crippen molar-refractivity contribution in [3.8, 4) is 0 Å². The van der Waals surface area contributed by atoms with Crippen LogP contribution >= 0.6 is 0 Å². The van der Waals surface area contributed by atoms with Gasteiger partial charge in [-0.1, -0.05) is 12.8 Å². The van der Waals surface area contributed by atoms with E-state index < -0.39 is 11.6 Å². The molecule has 0 amide bonds. The van der Waals surface area contributed by atoms with Crippen LogP contribution in [0.5, 0.6) is 0 Å². The minimum atomic E-state index is -0.433. The Kier molecular flexibility index (Phi) is 5.28. The second-order valence-corrected chi connectivity index (χ2v) is 5.29. The van der Waals surface area contributed by atoms with Gasteiger partial charge in [-0.15, -0.1) is 0 Å². The molecule has 0 aromatic heterocycles. The van der Waals surface area contributed by atoms with Gasteiger partial charge in [0.05, 0.1) is 13.2 Å². The summed E-state index contributed by atoms with van der Waals surface area (Å²) >= 11 is 0. The van der Waals surface area contributed by atoms with E-state index in [0.717, 1.165) is 25.0 Å². The van der Waals surface area contributed by atoms with Crippen LogP contribution in [0, 0.1) is 23.5 Å². The summed E-state index contributed by atoms with van der Waals surface area (Å²) in [5.41, 5.74) is 6.03. The van der Waals surface area contributed by atoms with Gasteiger partial charge in [0.15, 0.2) is 0 Å². The molecule has 1 fully saturated rings. The molecule has 106 valence electrons. The molecule has 0 bridgehead atoms. The molecule has 0 spiro atoms. The number of ether oxygens (including phenoxy) is 1. The Balaban J connectivity index is 1.83. The number of rotatable bonds is 5. The molecule has 1 saturated carbocycles. The summed E-state index contributed by atoms with van der Waals surface area (Å²) in [5.74, 6) is 0.111. The third kappa shape index (κ3) is 3.98. The third-order valence-electron chi connectivity index (χ3n) is 3.97. The van der Waals surface area contributed by atoms with Gasteiger partial charge in [0.2, 0.25) is 0 Å². The van der Waals surface area contributed by atoms with Crippen molar-refractivity contribution in [1.82, 2.24) is 0 Å². The molecule has 0 radical (unpaired) electrons. The molecule has 0 aliphatic heterocycles. The number of nitrogens with two attached hydrogens (primary N) is 1. The summed E-state index contributed by atoms with van der Waals surface area (Å²) in [5, 5.41) is 0. The standard InChI is InChI=1S/C15H21F2NO/c16-14-5-6-15(17)13(7-14)10-19-9-12-4-2-1-3-11(12)8-18/h5-7,11-12H,1-4,8-10,18H2. The van der Waals surface area contributed by atoms with E-state index in [1.807, 2.05) is 0 Å². The SMILES string of the molecule is NCC1CCCCC1COCc1cc(F)ccc1F. The highest BCUT2D eigenvalue weighted by molar-refractivity contribution is 5.17. The monoisotopic (exact) mass is 269 g/mol. The molecule has 0 heterocycles. The van der Waals surface area contributed by atoms with Crippen LogP contribution in [0.3, 0.4) is 0 Å². The molecule has 2 N–H and O–H groups in total. The molecule has 0 saturated heterocycles. The van der Waals surface area contributed by atoms with Crippen LogP contribution in [0.1, 0.15) is 31.2 Å². The molecule has 1 aliphatic rings. The first-order valence-electron chi connectivity index (χ1n) is 6.92. The summed E-state index contributed by atoms with van der Waals surface area (Å²) in [6.07, 6.45) is 4.71. The lowest BCUT2D eigenvalue weighted by Gasteiger charge is -2.30. The minimum Gasteiger partial charge on any atom is -0.376 e. The van der Waals surface area contributed by atoms with E-state index in [2.05, 4.69) is 0 Å². The quantitative estimate of drug-likeness (QED) is 0.890.